The third-order valence-electron chi connectivity index (χ3n) is 7.55. The summed E-state index contributed by atoms with van der Waals surface area (Å²) in [5, 5.41) is 0. The number of ketones is 1. The Morgan fingerprint density at radius 3 is 2.30 bits per heavy atom. The fourth-order valence-corrected chi connectivity index (χ4v) is 6.32. The second kappa shape index (κ2) is 10.6. The summed E-state index contributed by atoms with van der Waals surface area (Å²) in [6.07, 6.45) is 2.55. The normalized spacial score (nSPS) is 18.1. The van der Waals surface area contributed by atoms with Gasteiger partial charge in [-0.15, -0.1) is 0 Å². The molecule has 2 N–H and O–H groups in total. The van der Waals surface area contributed by atoms with Gasteiger partial charge >= 0.3 is 0 Å². The number of sulfonamides is 1. The number of hydrogen-bond acceptors (Lipinski definition) is 6. The summed E-state index contributed by atoms with van der Waals surface area (Å²) in [7, 11) is -3.41. The fourth-order valence-electron chi connectivity index (χ4n) is 5.32. The smallest absolute Gasteiger partial charge is 0.232 e. The molecule has 1 spiro atoms. The van der Waals surface area contributed by atoms with Crippen molar-refractivity contribution in [3.05, 3.63) is 65.7 Å². The Labute approximate surface area is 219 Å². The number of nitrogens with two attached hydrogens (primary N) is 1. The van der Waals surface area contributed by atoms with Gasteiger partial charge in [0.1, 0.15) is 0 Å². The molecule has 9 heteroatoms. The summed E-state index contributed by atoms with van der Waals surface area (Å²) >= 11 is 0. The summed E-state index contributed by atoms with van der Waals surface area (Å²) in [6.45, 7) is 5.14. The van der Waals surface area contributed by atoms with Gasteiger partial charge in [0, 0.05) is 31.5 Å². The third-order valence-corrected chi connectivity index (χ3v) is 8.68. The van der Waals surface area contributed by atoms with Gasteiger partial charge in [-0.2, -0.15) is 0 Å². The molecule has 2 aliphatic rings. The van der Waals surface area contributed by atoms with Gasteiger partial charge in [-0.25, -0.2) is 8.42 Å². The number of ether oxygens (including phenoxy) is 1. The van der Waals surface area contributed by atoms with Crippen molar-refractivity contribution >= 4 is 27.4 Å². The largest absolute Gasteiger partial charge is 0.376 e. The number of amides is 1. The minimum Gasteiger partial charge on any atom is -0.376 e. The minimum absolute atomic E-state index is 0.0173. The third kappa shape index (κ3) is 6.05. The maximum absolute atomic E-state index is 13.6. The van der Waals surface area contributed by atoms with Gasteiger partial charge in [0.2, 0.25) is 15.9 Å². The lowest BCUT2D eigenvalue weighted by Crippen LogP contribution is -2.50. The number of para-hydroxylation sites is 1. The highest BCUT2D eigenvalue weighted by Gasteiger charge is 2.48. The molecule has 37 heavy (non-hydrogen) atoms. The summed E-state index contributed by atoms with van der Waals surface area (Å²) in [5.74, 6) is -0.931. The number of likely N-dealkylation sites (tertiary alicyclic amines) is 1. The van der Waals surface area contributed by atoms with Gasteiger partial charge in [-0.3, -0.25) is 13.9 Å². The lowest BCUT2D eigenvalue weighted by atomic mass is 9.74. The Bertz CT molecular complexity index is 1230. The summed E-state index contributed by atoms with van der Waals surface area (Å²) < 4.78 is 32.3. The maximum Gasteiger partial charge on any atom is 0.232 e. The van der Waals surface area contributed by atoms with E-state index in [-0.39, 0.29) is 30.1 Å². The van der Waals surface area contributed by atoms with Crippen LogP contribution in [-0.2, 0) is 36.4 Å². The number of benzene rings is 2. The Morgan fingerprint density at radius 1 is 1.05 bits per heavy atom. The van der Waals surface area contributed by atoms with Gasteiger partial charge in [-0.05, 0) is 43.9 Å². The molecule has 1 atom stereocenters. The van der Waals surface area contributed by atoms with Crippen LogP contribution < -0.4 is 10.0 Å². The molecule has 0 bridgehead atoms. The van der Waals surface area contributed by atoms with E-state index in [4.69, 9.17) is 10.5 Å². The molecule has 2 aliphatic heterocycles. The van der Waals surface area contributed by atoms with Crippen molar-refractivity contribution in [2.75, 3.05) is 36.8 Å². The van der Waals surface area contributed by atoms with Crippen LogP contribution in [0.15, 0.2) is 54.6 Å². The van der Waals surface area contributed by atoms with Gasteiger partial charge < -0.3 is 15.4 Å². The van der Waals surface area contributed by atoms with Gasteiger partial charge in [0.05, 0.1) is 36.6 Å². The lowest BCUT2D eigenvalue weighted by Gasteiger charge is -2.41. The molecule has 1 fully saturated rings. The number of carbonyl (C=O) groups excluding carboxylic acids is 2. The highest BCUT2D eigenvalue weighted by Crippen LogP contribution is 2.47. The zero-order valence-electron chi connectivity index (χ0n) is 21.9. The quantitative estimate of drug-likeness (QED) is 0.537. The van der Waals surface area contributed by atoms with Crippen LogP contribution in [0.2, 0.25) is 0 Å². The van der Waals surface area contributed by atoms with E-state index in [1.54, 1.807) is 18.7 Å². The first-order valence-electron chi connectivity index (χ1n) is 12.7. The number of carbonyl (C=O) groups is 2. The highest BCUT2D eigenvalue weighted by atomic mass is 32.2. The van der Waals surface area contributed by atoms with Crippen molar-refractivity contribution in [1.82, 2.24) is 4.90 Å². The van der Waals surface area contributed by atoms with E-state index in [0.29, 0.717) is 39.1 Å². The predicted octanol–water partition coefficient (Wildman–Crippen LogP) is 2.86. The van der Waals surface area contributed by atoms with Gasteiger partial charge in [0.15, 0.2) is 5.78 Å². The Morgan fingerprint density at radius 2 is 1.68 bits per heavy atom. The minimum atomic E-state index is -3.41. The van der Waals surface area contributed by atoms with E-state index < -0.39 is 21.5 Å². The molecule has 8 nitrogen and oxygen atoms in total. The zero-order valence-corrected chi connectivity index (χ0v) is 22.7. The fraction of sp³-hybridized carbons (Fsp3) is 0.500. The molecule has 0 aliphatic carbocycles. The topological polar surface area (TPSA) is 110 Å². The maximum atomic E-state index is 13.6. The lowest BCUT2D eigenvalue weighted by molar-refractivity contribution is -0.142. The number of nitrogens with zero attached hydrogens (tertiary/aromatic N) is 2. The molecule has 200 valence electrons. The predicted molar refractivity (Wildman–Crippen MR) is 144 cm³/mol. The molecule has 0 radical (unpaired) electrons. The number of fused-ring (bicyclic) bond motifs is 2. The first-order chi connectivity index (χ1) is 17.4. The van der Waals surface area contributed by atoms with Gasteiger partial charge in [0.25, 0.3) is 0 Å². The molecule has 0 aromatic heterocycles. The van der Waals surface area contributed by atoms with Gasteiger partial charge in [-0.1, -0.05) is 48.5 Å². The number of piperidine rings is 1. The van der Waals surface area contributed by atoms with E-state index in [0.717, 1.165) is 16.8 Å². The van der Waals surface area contributed by atoms with E-state index in [1.807, 2.05) is 54.6 Å². The molecule has 4 rings (SSSR count). The summed E-state index contributed by atoms with van der Waals surface area (Å²) in [4.78, 5) is 28.2. The SMILES string of the molecule is CC(C)(N)C(=O)CC(COCc1ccccc1)C(=O)N1CCC2(CC1)CN(S(C)(=O)=O)c1ccccc12. The first kappa shape index (κ1) is 27.3. The first-order valence-corrected chi connectivity index (χ1v) is 14.6. The van der Waals surface area contributed by atoms with Crippen molar-refractivity contribution in [2.24, 2.45) is 11.7 Å². The van der Waals surface area contributed by atoms with Crippen molar-refractivity contribution in [2.45, 2.75) is 50.7 Å². The molecule has 2 heterocycles. The van der Waals surface area contributed by atoms with Crippen molar-refractivity contribution in [3.8, 4) is 0 Å². The highest BCUT2D eigenvalue weighted by molar-refractivity contribution is 7.92. The Balaban J connectivity index is 1.46. The molecule has 1 unspecified atom stereocenters. The number of Topliss-reactive ketones (excluding diaryl/α,β-unsaturated/α-hetero) is 1. The average Bonchev–Trinajstić information content (AvgIpc) is 3.18. The summed E-state index contributed by atoms with van der Waals surface area (Å²) in [5.41, 5.74) is 7.41. The van der Waals surface area contributed by atoms with E-state index in [1.165, 1.54) is 10.6 Å². The molecule has 2 aromatic rings. The Hall–Kier alpha value is -2.75. The standard InChI is InChI=1S/C28H37N3O5S/c1-27(2,29)25(32)17-22(19-36-18-21-9-5-4-6-10-21)26(33)30-15-13-28(14-16-30)20-31(37(3,34)35)24-12-8-7-11-23(24)28/h4-12,22H,13-20,29H2,1-3H3. The number of hydrogen-bond donors (Lipinski definition) is 1. The Kier molecular flexibility index (Phi) is 7.78. The van der Waals surface area contributed by atoms with Crippen LogP contribution in [-0.4, -0.2) is 63.0 Å². The van der Waals surface area contributed by atoms with Crippen molar-refractivity contribution in [3.63, 3.8) is 0 Å². The molecular weight excluding hydrogens is 490 g/mol. The van der Waals surface area contributed by atoms with Crippen molar-refractivity contribution < 1.29 is 22.7 Å². The second-order valence-electron chi connectivity index (χ2n) is 10.9. The average molecular weight is 528 g/mol. The van der Waals surface area contributed by atoms with E-state index in [9.17, 15) is 18.0 Å². The number of rotatable bonds is 9. The molecule has 1 saturated heterocycles. The van der Waals surface area contributed by atoms with Crippen LogP contribution in [0, 0.1) is 5.92 Å². The monoisotopic (exact) mass is 527 g/mol. The van der Waals surface area contributed by atoms with E-state index in [2.05, 4.69) is 0 Å². The van der Waals surface area contributed by atoms with Crippen LogP contribution in [0.1, 0.15) is 44.2 Å². The molecule has 1 amide bonds. The number of anilines is 1. The summed E-state index contributed by atoms with van der Waals surface area (Å²) in [6, 6.07) is 17.3. The molecule has 2 aromatic carbocycles. The van der Waals surface area contributed by atoms with Crippen LogP contribution in [0.5, 0.6) is 0 Å². The van der Waals surface area contributed by atoms with Crippen molar-refractivity contribution in [1.29, 1.82) is 0 Å². The molecule has 0 saturated carbocycles. The van der Waals surface area contributed by atoms with Crippen LogP contribution >= 0.6 is 0 Å². The zero-order chi connectivity index (χ0) is 26.8. The van der Waals surface area contributed by atoms with E-state index >= 15 is 0 Å². The van der Waals surface area contributed by atoms with Crippen LogP contribution in [0.4, 0.5) is 5.69 Å². The van der Waals surface area contributed by atoms with Crippen LogP contribution in [0.25, 0.3) is 0 Å². The second-order valence-corrected chi connectivity index (χ2v) is 12.8. The molecular formula is C28H37N3O5S. The van der Waals surface area contributed by atoms with Crippen LogP contribution in [0.3, 0.4) is 0 Å².